The van der Waals surface area contributed by atoms with Crippen molar-refractivity contribution in [1.29, 1.82) is 0 Å². The molecule has 0 bridgehead atoms. The average Bonchev–Trinajstić information content (AvgIpc) is 3.59. The molecule has 1 aliphatic carbocycles. The maximum absolute atomic E-state index is 6.03. The van der Waals surface area contributed by atoms with Crippen LogP contribution in [0.4, 0.5) is 0 Å². The zero-order chi connectivity index (χ0) is 24.5. The third kappa shape index (κ3) is 4.11. The minimum atomic E-state index is 0.441. The minimum absolute atomic E-state index is 0.441. The van der Waals surface area contributed by atoms with Crippen LogP contribution in [0.25, 0.3) is 45.3 Å². The molecule has 2 aromatic heterocycles. The van der Waals surface area contributed by atoms with E-state index in [0.29, 0.717) is 17.8 Å². The summed E-state index contributed by atoms with van der Waals surface area (Å²) in [5.74, 6) is 3.55. The van der Waals surface area contributed by atoms with Crippen LogP contribution in [-0.2, 0) is 0 Å². The Hall–Kier alpha value is -4.13. The summed E-state index contributed by atoms with van der Waals surface area (Å²) in [4.78, 5) is 5.10. The lowest BCUT2D eigenvalue weighted by molar-refractivity contribution is 0.362. The zero-order valence-electron chi connectivity index (χ0n) is 20.5. The quantitative estimate of drug-likeness (QED) is 0.262. The van der Waals surface area contributed by atoms with Crippen LogP contribution in [0.1, 0.15) is 38.1 Å². The fourth-order valence-corrected chi connectivity index (χ4v) is 5.07. The summed E-state index contributed by atoms with van der Waals surface area (Å²) in [6.45, 7) is 0. The molecule has 1 aliphatic rings. The van der Waals surface area contributed by atoms with E-state index in [0.717, 1.165) is 45.0 Å². The van der Waals surface area contributed by atoms with Crippen LogP contribution < -0.4 is 9.47 Å². The van der Waals surface area contributed by atoms with Gasteiger partial charge in [0.25, 0.3) is 0 Å². The Bertz CT molecular complexity index is 1480. The molecule has 36 heavy (non-hydrogen) atoms. The van der Waals surface area contributed by atoms with E-state index in [1.165, 1.54) is 32.1 Å². The van der Waals surface area contributed by atoms with Crippen LogP contribution in [-0.4, -0.2) is 34.0 Å². The van der Waals surface area contributed by atoms with Gasteiger partial charge in [-0.25, -0.2) is 4.98 Å². The number of benzene rings is 3. The molecule has 2 heterocycles. The highest BCUT2D eigenvalue weighted by Gasteiger charge is 2.23. The van der Waals surface area contributed by atoms with Crippen molar-refractivity contribution in [1.82, 2.24) is 19.7 Å². The Morgan fingerprint density at radius 3 is 1.94 bits per heavy atom. The number of imidazole rings is 1. The van der Waals surface area contributed by atoms with Gasteiger partial charge in [-0.3, -0.25) is 0 Å². The first-order valence-corrected chi connectivity index (χ1v) is 12.4. The van der Waals surface area contributed by atoms with E-state index in [2.05, 4.69) is 33.0 Å². The Labute approximate surface area is 209 Å². The molecule has 0 atom stereocenters. The van der Waals surface area contributed by atoms with E-state index in [-0.39, 0.29) is 0 Å². The number of nitrogens with zero attached hydrogens (tertiary/aromatic N) is 4. The number of rotatable bonds is 6. The Morgan fingerprint density at radius 1 is 0.722 bits per heavy atom. The molecular formula is C29H28N4O3. The van der Waals surface area contributed by atoms with Gasteiger partial charge >= 0.3 is 0 Å². The number of methoxy groups -OCH3 is 2. The molecule has 182 valence electrons. The van der Waals surface area contributed by atoms with Crippen molar-refractivity contribution >= 4 is 11.0 Å². The lowest BCUT2D eigenvalue weighted by Crippen LogP contribution is -2.13. The lowest BCUT2D eigenvalue weighted by Gasteiger charge is -2.25. The maximum Gasteiger partial charge on any atom is 0.248 e. The number of aromatic nitrogens is 4. The molecule has 7 nitrogen and oxygen atoms in total. The summed E-state index contributed by atoms with van der Waals surface area (Å²) in [5.41, 5.74) is 4.83. The third-order valence-electron chi connectivity index (χ3n) is 6.99. The molecule has 3 aromatic carbocycles. The summed E-state index contributed by atoms with van der Waals surface area (Å²) in [5, 5.41) is 8.58. The van der Waals surface area contributed by atoms with Gasteiger partial charge in [0, 0.05) is 22.7 Å². The van der Waals surface area contributed by atoms with Gasteiger partial charge in [-0.05, 0) is 79.6 Å². The lowest BCUT2D eigenvalue weighted by atomic mass is 9.95. The monoisotopic (exact) mass is 480 g/mol. The minimum Gasteiger partial charge on any atom is -0.497 e. The molecule has 5 aromatic rings. The second kappa shape index (κ2) is 9.49. The molecular weight excluding hydrogens is 452 g/mol. The summed E-state index contributed by atoms with van der Waals surface area (Å²) in [6, 6.07) is 22.4. The first-order chi connectivity index (χ1) is 17.7. The number of hydrogen-bond donors (Lipinski definition) is 0. The standard InChI is InChI=1S/C29H28N4O3/c1-34-23-13-8-19(9-14-23)27-30-25-18-21(12-17-26(25)33(27)22-6-4-3-5-7-22)29-32-31-28(36-29)20-10-15-24(35-2)16-11-20/h8-18,22H,3-7H2,1-2H3. The van der Waals surface area contributed by atoms with Crippen LogP contribution in [0.3, 0.4) is 0 Å². The van der Waals surface area contributed by atoms with E-state index >= 15 is 0 Å². The van der Waals surface area contributed by atoms with E-state index in [1.54, 1.807) is 14.2 Å². The van der Waals surface area contributed by atoms with Gasteiger partial charge in [0.05, 0.1) is 25.3 Å². The van der Waals surface area contributed by atoms with Gasteiger partial charge in [0.2, 0.25) is 11.8 Å². The van der Waals surface area contributed by atoms with Gasteiger partial charge in [0.15, 0.2) is 0 Å². The summed E-state index contributed by atoms with van der Waals surface area (Å²) < 4.78 is 19.1. The van der Waals surface area contributed by atoms with Gasteiger partial charge in [-0.1, -0.05) is 19.3 Å². The topological polar surface area (TPSA) is 75.2 Å². The molecule has 1 saturated carbocycles. The van der Waals surface area contributed by atoms with Gasteiger partial charge in [-0.15, -0.1) is 10.2 Å². The molecule has 0 unspecified atom stereocenters. The molecule has 0 radical (unpaired) electrons. The Balaban J connectivity index is 1.40. The summed E-state index contributed by atoms with van der Waals surface area (Å²) >= 11 is 0. The fourth-order valence-electron chi connectivity index (χ4n) is 5.07. The van der Waals surface area contributed by atoms with Gasteiger partial charge in [-0.2, -0.15) is 0 Å². The summed E-state index contributed by atoms with van der Waals surface area (Å²) in [7, 11) is 3.33. The zero-order valence-corrected chi connectivity index (χ0v) is 20.5. The highest BCUT2D eigenvalue weighted by atomic mass is 16.5. The van der Waals surface area contributed by atoms with Gasteiger partial charge in [0.1, 0.15) is 17.3 Å². The van der Waals surface area contributed by atoms with Crippen molar-refractivity contribution < 1.29 is 13.9 Å². The first kappa shape index (κ1) is 22.3. The van der Waals surface area contributed by atoms with Crippen LogP contribution >= 0.6 is 0 Å². The average molecular weight is 481 g/mol. The smallest absolute Gasteiger partial charge is 0.248 e. The Morgan fingerprint density at radius 2 is 1.31 bits per heavy atom. The van der Waals surface area contributed by atoms with Crippen molar-refractivity contribution in [2.75, 3.05) is 14.2 Å². The summed E-state index contributed by atoms with van der Waals surface area (Å²) in [6.07, 6.45) is 6.15. The SMILES string of the molecule is COc1ccc(-c2nnc(-c3ccc4c(c3)nc(-c3ccc(OC)cc3)n4C3CCCCC3)o2)cc1. The number of fused-ring (bicyclic) bond motifs is 1. The number of ether oxygens (including phenoxy) is 2. The molecule has 0 aliphatic heterocycles. The fraction of sp³-hybridized carbons (Fsp3) is 0.276. The van der Waals surface area contributed by atoms with Crippen molar-refractivity contribution in [3.63, 3.8) is 0 Å². The Kier molecular flexibility index (Phi) is 5.89. The molecule has 1 fully saturated rings. The van der Waals surface area contributed by atoms with E-state index in [9.17, 15) is 0 Å². The van der Waals surface area contributed by atoms with Crippen LogP contribution in [0.2, 0.25) is 0 Å². The van der Waals surface area contributed by atoms with E-state index in [1.807, 2.05) is 48.5 Å². The highest BCUT2D eigenvalue weighted by Crippen LogP contribution is 2.37. The van der Waals surface area contributed by atoms with Crippen LogP contribution in [0.5, 0.6) is 11.5 Å². The third-order valence-corrected chi connectivity index (χ3v) is 6.99. The molecule has 7 heteroatoms. The first-order valence-electron chi connectivity index (χ1n) is 12.4. The molecule has 0 saturated heterocycles. The predicted octanol–water partition coefficient (Wildman–Crippen LogP) is 6.94. The maximum atomic E-state index is 6.03. The van der Waals surface area contributed by atoms with Crippen molar-refractivity contribution in [3.05, 3.63) is 66.7 Å². The second-order valence-corrected chi connectivity index (χ2v) is 9.17. The molecule has 0 N–H and O–H groups in total. The van der Waals surface area contributed by atoms with Crippen molar-refractivity contribution in [3.8, 4) is 45.8 Å². The highest BCUT2D eigenvalue weighted by molar-refractivity contribution is 5.84. The van der Waals surface area contributed by atoms with E-state index < -0.39 is 0 Å². The second-order valence-electron chi connectivity index (χ2n) is 9.17. The predicted molar refractivity (Wildman–Crippen MR) is 139 cm³/mol. The van der Waals surface area contributed by atoms with Crippen LogP contribution in [0, 0.1) is 0 Å². The molecule has 6 rings (SSSR count). The molecule has 0 spiro atoms. The van der Waals surface area contributed by atoms with Crippen LogP contribution in [0.15, 0.2) is 71.1 Å². The largest absolute Gasteiger partial charge is 0.497 e. The normalized spacial score (nSPS) is 14.3. The molecule has 0 amide bonds. The van der Waals surface area contributed by atoms with Gasteiger partial charge < -0.3 is 18.5 Å². The van der Waals surface area contributed by atoms with Crippen molar-refractivity contribution in [2.45, 2.75) is 38.1 Å². The van der Waals surface area contributed by atoms with Crippen molar-refractivity contribution in [2.24, 2.45) is 0 Å². The van der Waals surface area contributed by atoms with E-state index in [4.69, 9.17) is 18.9 Å². The number of hydrogen-bond acceptors (Lipinski definition) is 6.